The molecule has 0 bridgehead atoms. The fourth-order valence-electron chi connectivity index (χ4n) is 6.03. The molecular formula is C43H43IrN3S-2. The zero-order valence-electron chi connectivity index (χ0n) is 32.3. The van der Waals surface area contributed by atoms with Gasteiger partial charge in [0.15, 0.2) is 0 Å². The normalized spacial score (nSPS) is 13.0. The Morgan fingerprint density at radius 1 is 0.854 bits per heavy atom. The number of para-hydroxylation sites is 2. The van der Waals surface area contributed by atoms with Gasteiger partial charge < -0.3 is 9.55 Å². The van der Waals surface area contributed by atoms with Gasteiger partial charge in [0.25, 0.3) is 0 Å². The molecule has 7 rings (SSSR count). The largest absolute Gasteiger partial charge is 0.360 e. The van der Waals surface area contributed by atoms with Crippen molar-refractivity contribution in [3.05, 3.63) is 143 Å². The molecular weight excluding hydrogens is 783 g/mol. The molecule has 247 valence electrons. The standard InChI is InChI=1S/C31H33N2S.C12H10N.Ir/c1-19(2)22-14-15-30-25(16-22)27(18-34-30)31-32-28-12-7-8-13-29(28)33(31)17-26-23(20(3)4)10-9-11-24(26)21(5)6;1-10-7-8-12(13-9-10)11-5-3-2-4-6-11;/h7-16,19-21H,17H2,1-6H3;2-5,7-9H,1H3;/q2*-1;/i19D;1D3;. The second-order valence-corrected chi connectivity index (χ2v) is 13.6. The van der Waals surface area contributed by atoms with Crippen LogP contribution in [0.4, 0.5) is 0 Å². The van der Waals surface area contributed by atoms with Gasteiger partial charge in [-0.2, -0.15) is 0 Å². The maximum Gasteiger partial charge on any atom is 0.0770 e. The maximum absolute atomic E-state index is 8.55. The predicted octanol–water partition coefficient (Wildman–Crippen LogP) is 12.0. The van der Waals surface area contributed by atoms with Crippen LogP contribution in [0.15, 0.2) is 103 Å². The van der Waals surface area contributed by atoms with Crippen molar-refractivity contribution in [3.8, 4) is 22.6 Å². The molecule has 0 amide bonds. The van der Waals surface area contributed by atoms with Crippen molar-refractivity contribution < 1.29 is 25.6 Å². The van der Waals surface area contributed by atoms with Crippen molar-refractivity contribution in [1.29, 1.82) is 0 Å². The van der Waals surface area contributed by atoms with Crippen LogP contribution in [-0.4, -0.2) is 14.5 Å². The Balaban J connectivity index is 0.000000258. The summed E-state index contributed by atoms with van der Waals surface area (Å²) in [4.78, 5) is 9.26. The molecule has 7 aromatic rings. The van der Waals surface area contributed by atoms with E-state index in [-0.39, 0.29) is 25.7 Å². The van der Waals surface area contributed by atoms with Crippen LogP contribution in [0.2, 0.25) is 0 Å². The van der Waals surface area contributed by atoms with Crippen LogP contribution in [-0.2, 0) is 26.7 Å². The third-order valence-electron chi connectivity index (χ3n) is 8.52. The molecule has 48 heavy (non-hydrogen) atoms. The van der Waals surface area contributed by atoms with Crippen molar-refractivity contribution in [1.82, 2.24) is 14.5 Å². The van der Waals surface area contributed by atoms with Crippen molar-refractivity contribution in [2.75, 3.05) is 0 Å². The molecule has 0 saturated heterocycles. The van der Waals surface area contributed by atoms with E-state index in [9.17, 15) is 0 Å². The van der Waals surface area contributed by atoms with Gasteiger partial charge in [-0.05, 0) is 64.7 Å². The minimum absolute atomic E-state index is 0. The van der Waals surface area contributed by atoms with Gasteiger partial charge in [-0.15, -0.1) is 47.3 Å². The molecule has 0 atom stereocenters. The second-order valence-electron chi connectivity index (χ2n) is 12.7. The summed E-state index contributed by atoms with van der Waals surface area (Å²) in [5.41, 5.74) is 10.2. The zero-order chi connectivity index (χ0) is 36.5. The molecule has 0 saturated carbocycles. The molecule has 0 fully saturated rings. The van der Waals surface area contributed by atoms with Crippen molar-refractivity contribution in [2.45, 2.75) is 72.7 Å². The maximum atomic E-state index is 8.55. The second kappa shape index (κ2) is 15.6. The number of benzene rings is 4. The van der Waals surface area contributed by atoms with Gasteiger partial charge in [0.1, 0.15) is 0 Å². The van der Waals surface area contributed by atoms with E-state index in [4.69, 9.17) is 10.5 Å². The number of imidazole rings is 1. The van der Waals surface area contributed by atoms with Gasteiger partial charge in [0.2, 0.25) is 0 Å². The fraction of sp³-hybridized carbons (Fsp3) is 0.256. The number of nitrogens with zero attached hydrogens (tertiary/aromatic N) is 3. The first-order chi connectivity index (χ1) is 24.2. The number of pyridine rings is 1. The van der Waals surface area contributed by atoms with Crippen LogP contribution in [0.3, 0.4) is 0 Å². The molecule has 0 aliphatic carbocycles. The molecule has 0 spiro atoms. The van der Waals surface area contributed by atoms with E-state index in [1.165, 1.54) is 27.6 Å². The van der Waals surface area contributed by atoms with Crippen molar-refractivity contribution in [3.63, 3.8) is 0 Å². The number of hydrogen-bond acceptors (Lipinski definition) is 3. The van der Waals surface area contributed by atoms with Crippen LogP contribution in [0.5, 0.6) is 0 Å². The Bertz CT molecular complexity index is 2240. The van der Waals surface area contributed by atoms with E-state index in [1.54, 1.807) is 29.5 Å². The van der Waals surface area contributed by atoms with Crippen LogP contribution in [0, 0.1) is 18.3 Å². The molecule has 1 radical (unpaired) electrons. The monoisotopic (exact) mass is 830 g/mol. The van der Waals surface area contributed by atoms with Gasteiger partial charge in [-0.3, -0.25) is 16.3 Å². The topological polar surface area (TPSA) is 30.7 Å². The number of fused-ring (bicyclic) bond motifs is 2. The minimum atomic E-state index is -2.09. The van der Waals surface area contributed by atoms with Gasteiger partial charge >= 0.3 is 0 Å². The Morgan fingerprint density at radius 3 is 2.25 bits per heavy atom. The zero-order valence-corrected chi connectivity index (χ0v) is 31.5. The summed E-state index contributed by atoms with van der Waals surface area (Å²) in [7, 11) is 0. The predicted molar refractivity (Wildman–Crippen MR) is 200 cm³/mol. The van der Waals surface area contributed by atoms with E-state index >= 15 is 0 Å². The third kappa shape index (κ3) is 7.55. The molecule has 0 aliphatic rings. The van der Waals surface area contributed by atoms with Crippen LogP contribution >= 0.6 is 11.3 Å². The van der Waals surface area contributed by atoms with Crippen LogP contribution in [0.25, 0.3) is 43.8 Å². The summed E-state index contributed by atoms with van der Waals surface area (Å²) in [6, 6.07) is 35.3. The molecule has 0 aliphatic heterocycles. The third-order valence-corrected chi connectivity index (χ3v) is 9.41. The number of rotatable bonds is 7. The molecule has 3 aromatic heterocycles. The Kier molecular flexibility index (Phi) is 9.78. The molecule has 3 heterocycles. The molecule has 3 nitrogen and oxygen atoms in total. The van der Waals surface area contributed by atoms with E-state index in [0.717, 1.165) is 51.2 Å². The smallest absolute Gasteiger partial charge is 0.0770 e. The molecule has 5 heteroatoms. The first-order valence-electron chi connectivity index (χ1n) is 18.2. The average Bonchev–Trinajstić information content (AvgIpc) is 3.69. The van der Waals surface area contributed by atoms with Crippen molar-refractivity contribution in [2.24, 2.45) is 0 Å². The van der Waals surface area contributed by atoms with Crippen molar-refractivity contribution >= 4 is 32.5 Å². The van der Waals surface area contributed by atoms with Gasteiger partial charge in [0.05, 0.1) is 16.9 Å². The van der Waals surface area contributed by atoms with Gasteiger partial charge in [-0.1, -0.05) is 117 Å². The van der Waals surface area contributed by atoms with Crippen LogP contribution in [0.1, 0.15) is 92.6 Å². The van der Waals surface area contributed by atoms with E-state index in [1.807, 2.05) is 32.0 Å². The molecule has 0 unspecified atom stereocenters. The van der Waals surface area contributed by atoms with E-state index in [2.05, 4.69) is 109 Å². The summed E-state index contributed by atoms with van der Waals surface area (Å²) in [5.74, 6) is 1.18. The first kappa shape index (κ1) is 30.2. The Labute approximate surface area is 309 Å². The Morgan fingerprint density at radius 2 is 1.60 bits per heavy atom. The summed E-state index contributed by atoms with van der Waals surface area (Å²) < 4.78 is 33.8. The van der Waals surface area contributed by atoms with E-state index < -0.39 is 12.7 Å². The summed E-state index contributed by atoms with van der Waals surface area (Å²) >= 11 is 1.63. The van der Waals surface area contributed by atoms with Gasteiger partial charge in [0, 0.05) is 38.3 Å². The van der Waals surface area contributed by atoms with Gasteiger partial charge in [-0.25, -0.2) is 0 Å². The van der Waals surface area contributed by atoms with Crippen LogP contribution < -0.4 is 0 Å². The summed E-state index contributed by atoms with van der Waals surface area (Å²) in [6.07, 6.45) is 1.39. The quantitative estimate of drug-likeness (QED) is 0.150. The first-order valence-corrected chi connectivity index (χ1v) is 17.0. The molecule has 0 N–H and O–H groups in total. The number of aryl methyl sites for hydroxylation is 1. The fourth-order valence-corrected chi connectivity index (χ4v) is 6.85. The number of hydrogen-bond donors (Lipinski definition) is 0. The summed E-state index contributed by atoms with van der Waals surface area (Å²) in [5, 5.41) is 4.70. The molecule has 4 aromatic carbocycles. The summed E-state index contributed by atoms with van der Waals surface area (Å²) in [6.45, 7) is 11.7. The Hall–Kier alpha value is -3.89. The minimum Gasteiger partial charge on any atom is -0.360 e. The number of aromatic nitrogens is 3. The number of thiophene rings is 1. The average molecular weight is 830 g/mol. The SMILES string of the molecule is [2H]C(C)(C)c1ccc2s[c-]c(-c3nc4ccccc4n3Cc3c(C(C)C)cccc3C(C)C)c2c1.[2H]C([2H])([2H])c1ccc(-c2[c-]cccc2)nc1.[Ir]. The van der Waals surface area contributed by atoms with E-state index in [0.29, 0.717) is 11.8 Å².